The third-order valence-electron chi connectivity index (χ3n) is 7.43. The van der Waals surface area contributed by atoms with E-state index in [9.17, 15) is 14.4 Å². The molecule has 33 heavy (non-hydrogen) atoms. The van der Waals surface area contributed by atoms with Gasteiger partial charge in [-0.05, 0) is 51.5 Å². The van der Waals surface area contributed by atoms with Crippen molar-refractivity contribution >= 4 is 29.5 Å². The maximum Gasteiger partial charge on any atom is 0.311 e. The Morgan fingerprint density at radius 3 is 2.67 bits per heavy atom. The number of thioether (sulfide) groups is 1. The molecule has 1 spiro atoms. The molecule has 0 saturated carbocycles. The van der Waals surface area contributed by atoms with Crippen LogP contribution in [0.2, 0.25) is 0 Å². The van der Waals surface area contributed by atoms with Gasteiger partial charge in [0.1, 0.15) is 6.04 Å². The van der Waals surface area contributed by atoms with Crippen molar-refractivity contribution < 1.29 is 24.2 Å². The molecule has 1 aromatic carbocycles. The number of fused-ring (bicyclic) bond motifs is 1. The molecule has 8 heteroatoms. The molecule has 4 rings (SSSR count). The highest BCUT2D eigenvalue weighted by atomic mass is 32.2. The molecular weight excluding hydrogens is 440 g/mol. The molecule has 0 aromatic heterocycles. The number of hydrogen-bond donors (Lipinski definition) is 2. The Morgan fingerprint density at radius 1 is 1.21 bits per heavy atom. The largest absolute Gasteiger partial charge is 0.466 e. The Bertz CT molecular complexity index is 896. The summed E-state index contributed by atoms with van der Waals surface area (Å²) in [6.07, 6.45) is 3.68. The fourth-order valence-electron chi connectivity index (χ4n) is 6.01. The number of esters is 1. The molecule has 2 amide bonds. The molecule has 3 fully saturated rings. The van der Waals surface area contributed by atoms with Gasteiger partial charge in [-0.1, -0.05) is 30.3 Å². The van der Waals surface area contributed by atoms with Gasteiger partial charge in [0.2, 0.25) is 11.8 Å². The minimum atomic E-state index is -0.612. The number of unbranched alkanes of at least 4 members (excludes halogenated alkanes) is 2. The van der Waals surface area contributed by atoms with E-state index < -0.39 is 27.4 Å². The van der Waals surface area contributed by atoms with Crippen LogP contribution in [0.15, 0.2) is 30.3 Å². The summed E-state index contributed by atoms with van der Waals surface area (Å²) in [6.45, 7) is 5.06. The minimum Gasteiger partial charge on any atom is -0.466 e. The first-order chi connectivity index (χ1) is 15.9. The summed E-state index contributed by atoms with van der Waals surface area (Å²) in [5.74, 6) is -1.65. The standard InChI is InChI=1S/C25H34N2O5S/c1-3-32-23(31)19-18-22(30)27(14-8-5-9-15-28)20(25(18)13-12-24(19,2)33-25)21(29)26-16-17-10-6-4-7-11-17/h4,6-7,10-11,18-20,28H,3,5,8-9,12-16H2,1-2H3,(H,26,29)/t18-,19+,20?,24-,25?/m0/s1. The number of benzene rings is 1. The highest BCUT2D eigenvalue weighted by molar-refractivity contribution is 8.02. The van der Waals surface area contributed by atoms with Crippen LogP contribution in [-0.2, 0) is 25.7 Å². The average Bonchev–Trinajstić information content (AvgIpc) is 3.37. The summed E-state index contributed by atoms with van der Waals surface area (Å²) in [7, 11) is 0. The predicted octanol–water partition coefficient (Wildman–Crippen LogP) is 2.51. The van der Waals surface area contributed by atoms with Gasteiger partial charge in [-0.25, -0.2) is 0 Å². The minimum absolute atomic E-state index is 0.104. The molecule has 3 saturated heterocycles. The SMILES string of the molecule is CCOC(=O)[C@H]1[C@H]2C(=O)N(CCCCCO)C(C(=O)NCc3ccccc3)C23CC[C@]1(C)S3. The molecule has 3 heterocycles. The molecule has 7 nitrogen and oxygen atoms in total. The molecule has 2 unspecified atom stereocenters. The van der Waals surface area contributed by atoms with Crippen molar-refractivity contribution in [2.45, 2.75) is 68.0 Å². The van der Waals surface area contributed by atoms with Gasteiger partial charge in [-0.3, -0.25) is 14.4 Å². The third-order valence-corrected chi connectivity index (χ3v) is 9.42. The lowest BCUT2D eigenvalue weighted by molar-refractivity contribution is -0.155. The number of carbonyl (C=O) groups excluding carboxylic acids is 3. The van der Waals surface area contributed by atoms with Crippen LogP contribution in [-0.4, -0.2) is 63.1 Å². The van der Waals surface area contributed by atoms with Crippen LogP contribution in [0.3, 0.4) is 0 Å². The van der Waals surface area contributed by atoms with Crippen molar-refractivity contribution in [3.8, 4) is 0 Å². The van der Waals surface area contributed by atoms with E-state index in [0.717, 1.165) is 24.8 Å². The van der Waals surface area contributed by atoms with Crippen LogP contribution in [0.5, 0.6) is 0 Å². The van der Waals surface area contributed by atoms with E-state index in [0.29, 0.717) is 25.9 Å². The number of likely N-dealkylation sites (tertiary alicyclic amines) is 1. The highest BCUT2D eigenvalue weighted by Gasteiger charge is 2.77. The Hall–Kier alpha value is -2.06. The maximum atomic E-state index is 13.8. The van der Waals surface area contributed by atoms with Crippen LogP contribution < -0.4 is 5.32 Å². The summed E-state index contributed by atoms with van der Waals surface area (Å²) in [5, 5.41) is 12.2. The number of rotatable bonds is 10. The van der Waals surface area contributed by atoms with Crippen LogP contribution in [0.1, 0.15) is 51.5 Å². The lowest BCUT2D eigenvalue weighted by atomic mass is 9.66. The first-order valence-electron chi connectivity index (χ1n) is 12.0. The van der Waals surface area contributed by atoms with Crippen LogP contribution in [0, 0.1) is 11.8 Å². The molecule has 2 N–H and O–H groups in total. The van der Waals surface area contributed by atoms with Gasteiger partial charge < -0.3 is 20.1 Å². The lowest BCUT2D eigenvalue weighted by Crippen LogP contribution is -2.53. The van der Waals surface area contributed by atoms with Gasteiger partial charge in [-0.15, -0.1) is 11.8 Å². The van der Waals surface area contributed by atoms with E-state index in [2.05, 4.69) is 5.32 Å². The Kier molecular flexibility index (Phi) is 7.05. The number of nitrogens with zero attached hydrogens (tertiary/aromatic N) is 1. The zero-order valence-electron chi connectivity index (χ0n) is 19.4. The maximum absolute atomic E-state index is 13.8. The first-order valence-corrected chi connectivity index (χ1v) is 12.8. The van der Waals surface area contributed by atoms with Crippen LogP contribution >= 0.6 is 11.8 Å². The Labute approximate surface area is 199 Å². The topological polar surface area (TPSA) is 95.9 Å². The zero-order valence-corrected chi connectivity index (χ0v) is 20.2. The van der Waals surface area contributed by atoms with Crippen molar-refractivity contribution in [1.82, 2.24) is 10.2 Å². The average molecular weight is 475 g/mol. The van der Waals surface area contributed by atoms with Crippen molar-refractivity contribution in [1.29, 1.82) is 0 Å². The normalized spacial score (nSPS) is 32.2. The van der Waals surface area contributed by atoms with E-state index in [1.807, 2.05) is 37.3 Å². The highest BCUT2D eigenvalue weighted by Crippen LogP contribution is 2.71. The van der Waals surface area contributed by atoms with Gasteiger partial charge in [0, 0.05) is 24.4 Å². The molecule has 3 aliphatic rings. The van der Waals surface area contributed by atoms with Crippen LogP contribution in [0.25, 0.3) is 0 Å². The number of ether oxygens (including phenoxy) is 1. The molecule has 1 aromatic rings. The number of nitrogens with one attached hydrogen (secondary N) is 1. The van der Waals surface area contributed by atoms with E-state index in [1.165, 1.54) is 0 Å². The summed E-state index contributed by atoms with van der Waals surface area (Å²) in [6, 6.07) is 9.11. The Balaban J connectivity index is 1.62. The molecule has 2 bridgehead atoms. The predicted molar refractivity (Wildman–Crippen MR) is 126 cm³/mol. The quantitative estimate of drug-likeness (QED) is 0.400. The molecule has 5 atom stereocenters. The zero-order chi connectivity index (χ0) is 23.6. The van der Waals surface area contributed by atoms with E-state index in [4.69, 9.17) is 9.84 Å². The Morgan fingerprint density at radius 2 is 1.97 bits per heavy atom. The van der Waals surface area contributed by atoms with Gasteiger partial charge >= 0.3 is 5.97 Å². The molecular formula is C25H34N2O5S. The van der Waals surface area contributed by atoms with Gasteiger partial charge in [0.05, 0.1) is 23.2 Å². The summed E-state index contributed by atoms with van der Waals surface area (Å²) in [4.78, 5) is 42.1. The first kappa shape index (κ1) is 24.1. The summed E-state index contributed by atoms with van der Waals surface area (Å²) >= 11 is 1.66. The number of aliphatic hydroxyl groups excluding tert-OH is 1. The molecule has 0 radical (unpaired) electrons. The molecule has 3 aliphatic heterocycles. The van der Waals surface area contributed by atoms with Crippen molar-refractivity contribution in [3.05, 3.63) is 35.9 Å². The van der Waals surface area contributed by atoms with E-state index >= 15 is 0 Å². The number of aliphatic hydroxyl groups is 1. The monoisotopic (exact) mass is 474 g/mol. The second kappa shape index (κ2) is 9.66. The van der Waals surface area contributed by atoms with Crippen molar-refractivity contribution in [3.63, 3.8) is 0 Å². The van der Waals surface area contributed by atoms with Crippen molar-refractivity contribution in [2.24, 2.45) is 11.8 Å². The van der Waals surface area contributed by atoms with Gasteiger partial charge in [0.15, 0.2) is 0 Å². The number of hydrogen-bond acceptors (Lipinski definition) is 6. The second-order valence-electron chi connectivity index (χ2n) is 9.50. The van der Waals surface area contributed by atoms with Gasteiger partial charge in [0.25, 0.3) is 0 Å². The molecule has 180 valence electrons. The fourth-order valence-corrected chi connectivity index (χ4v) is 8.35. The molecule has 0 aliphatic carbocycles. The van der Waals surface area contributed by atoms with Crippen LogP contribution in [0.4, 0.5) is 0 Å². The van der Waals surface area contributed by atoms with E-state index in [1.54, 1.807) is 23.6 Å². The smallest absolute Gasteiger partial charge is 0.311 e. The second-order valence-corrected chi connectivity index (χ2v) is 11.4. The third kappa shape index (κ3) is 4.16. The lowest BCUT2D eigenvalue weighted by Gasteiger charge is -2.34. The van der Waals surface area contributed by atoms with E-state index in [-0.39, 0.29) is 31.0 Å². The number of amides is 2. The number of carbonyl (C=O) groups is 3. The van der Waals surface area contributed by atoms with Crippen molar-refractivity contribution in [2.75, 3.05) is 19.8 Å². The summed E-state index contributed by atoms with van der Waals surface area (Å²) < 4.78 is 4.39. The van der Waals surface area contributed by atoms with Gasteiger partial charge in [-0.2, -0.15) is 0 Å². The summed E-state index contributed by atoms with van der Waals surface area (Å²) in [5.41, 5.74) is 0.999. The fraction of sp³-hybridized carbons (Fsp3) is 0.640.